The van der Waals surface area contributed by atoms with Gasteiger partial charge in [-0.1, -0.05) is 5.16 Å². The lowest BCUT2D eigenvalue weighted by Crippen LogP contribution is -2.38. The Kier molecular flexibility index (Phi) is 6.83. The Labute approximate surface area is 136 Å². The fourth-order valence-corrected chi connectivity index (χ4v) is 2.46. The highest BCUT2D eigenvalue weighted by molar-refractivity contribution is 5.79. The molecule has 1 aliphatic heterocycles. The van der Waals surface area contributed by atoms with Gasteiger partial charge in [0.1, 0.15) is 0 Å². The van der Waals surface area contributed by atoms with Crippen LogP contribution in [-0.2, 0) is 11.2 Å². The first kappa shape index (κ1) is 17.2. The minimum absolute atomic E-state index is 0.272. The lowest BCUT2D eigenvalue weighted by molar-refractivity contribution is -0.127. The Morgan fingerprint density at radius 2 is 2.30 bits per heavy atom. The molecule has 8 heteroatoms. The molecule has 0 bridgehead atoms. The highest BCUT2D eigenvalue weighted by Gasteiger charge is 2.18. The monoisotopic (exact) mass is 322 g/mol. The average Bonchev–Trinajstić information content (AvgIpc) is 3.12. The van der Waals surface area contributed by atoms with E-state index in [1.807, 2.05) is 11.8 Å². The molecule has 0 radical (unpaired) electrons. The number of nitrogens with one attached hydrogen (secondary N) is 2. The molecule has 0 aromatic carbocycles. The van der Waals surface area contributed by atoms with Gasteiger partial charge in [0.15, 0.2) is 11.8 Å². The van der Waals surface area contributed by atoms with Gasteiger partial charge in [-0.3, -0.25) is 9.79 Å². The molecule has 1 saturated heterocycles. The van der Waals surface area contributed by atoms with Crippen molar-refractivity contribution in [1.29, 1.82) is 0 Å². The summed E-state index contributed by atoms with van der Waals surface area (Å²) in [5, 5.41) is 10.2. The normalized spacial score (nSPS) is 15.3. The largest absolute Gasteiger partial charge is 0.357 e. The molecule has 1 aromatic heterocycles. The smallest absolute Gasteiger partial charge is 0.228 e. The Balaban J connectivity index is 1.67. The SMILES string of the molecule is CCNC(=NCCCN1CCCC1=O)NCCc1nc(C)no1. The number of aromatic nitrogens is 2. The van der Waals surface area contributed by atoms with E-state index in [-0.39, 0.29) is 5.91 Å². The third kappa shape index (κ3) is 5.88. The van der Waals surface area contributed by atoms with Gasteiger partial charge in [0.05, 0.1) is 0 Å². The second-order valence-corrected chi connectivity index (χ2v) is 5.51. The van der Waals surface area contributed by atoms with E-state index in [2.05, 4.69) is 25.8 Å². The number of guanidine groups is 1. The number of nitrogens with zero attached hydrogens (tertiary/aromatic N) is 4. The molecule has 128 valence electrons. The van der Waals surface area contributed by atoms with E-state index >= 15 is 0 Å². The van der Waals surface area contributed by atoms with Crippen molar-refractivity contribution in [3.8, 4) is 0 Å². The van der Waals surface area contributed by atoms with Crippen molar-refractivity contribution < 1.29 is 9.32 Å². The maximum atomic E-state index is 11.5. The van der Waals surface area contributed by atoms with Crippen LogP contribution >= 0.6 is 0 Å². The van der Waals surface area contributed by atoms with Gasteiger partial charge >= 0.3 is 0 Å². The average molecular weight is 322 g/mol. The van der Waals surface area contributed by atoms with Gasteiger partial charge in [-0.15, -0.1) is 0 Å². The van der Waals surface area contributed by atoms with Crippen molar-refractivity contribution in [1.82, 2.24) is 25.7 Å². The van der Waals surface area contributed by atoms with Crippen LogP contribution in [-0.4, -0.2) is 59.6 Å². The third-order valence-corrected chi connectivity index (χ3v) is 3.57. The van der Waals surface area contributed by atoms with Crippen molar-refractivity contribution in [3.05, 3.63) is 11.7 Å². The van der Waals surface area contributed by atoms with Gasteiger partial charge in [-0.25, -0.2) is 0 Å². The summed E-state index contributed by atoms with van der Waals surface area (Å²) in [5.41, 5.74) is 0. The number of likely N-dealkylation sites (tertiary alicyclic amines) is 1. The van der Waals surface area contributed by atoms with Crippen LogP contribution in [0.25, 0.3) is 0 Å². The predicted octanol–water partition coefficient (Wildman–Crippen LogP) is 0.488. The van der Waals surface area contributed by atoms with Crippen molar-refractivity contribution in [2.24, 2.45) is 4.99 Å². The number of hydrogen-bond acceptors (Lipinski definition) is 5. The second kappa shape index (κ2) is 9.12. The highest BCUT2D eigenvalue weighted by atomic mass is 16.5. The quantitative estimate of drug-likeness (QED) is 0.411. The van der Waals surface area contributed by atoms with Gasteiger partial charge in [0.2, 0.25) is 11.8 Å². The topological polar surface area (TPSA) is 95.7 Å². The van der Waals surface area contributed by atoms with Crippen LogP contribution in [0.4, 0.5) is 0 Å². The van der Waals surface area contributed by atoms with Gasteiger partial charge in [-0.05, 0) is 26.7 Å². The maximum absolute atomic E-state index is 11.5. The molecular weight excluding hydrogens is 296 g/mol. The number of carbonyl (C=O) groups is 1. The fraction of sp³-hybridized carbons (Fsp3) is 0.733. The molecular formula is C15H26N6O2. The molecule has 1 aliphatic rings. The molecule has 8 nitrogen and oxygen atoms in total. The highest BCUT2D eigenvalue weighted by Crippen LogP contribution is 2.09. The van der Waals surface area contributed by atoms with Crippen LogP contribution in [0.3, 0.4) is 0 Å². The van der Waals surface area contributed by atoms with Crippen LogP contribution in [0.5, 0.6) is 0 Å². The van der Waals surface area contributed by atoms with Crippen LogP contribution in [0.15, 0.2) is 9.52 Å². The molecule has 2 heterocycles. The zero-order valence-electron chi connectivity index (χ0n) is 14.0. The zero-order valence-corrected chi connectivity index (χ0v) is 14.0. The molecule has 0 spiro atoms. The molecule has 0 aliphatic carbocycles. The maximum Gasteiger partial charge on any atom is 0.228 e. The predicted molar refractivity (Wildman–Crippen MR) is 87.2 cm³/mol. The van der Waals surface area contributed by atoms with E-state index in [9.17, 15) is 4.79 Å². The third-order valence-electron chi connectivity index (χ3n) is 3.57. The zero-order chi connectivity index (χ0) is 16.5. The van der Waals surface area contributed by atoms with Gasteiger partial charge in [0.25, 0.3) is 0 Å². The van der Waals surface area contributed by atoms with Crippen LogP contribution in [0, 0.1) is 6.92 Å². The minimum Gasteiger partial charge on any atom is -0.357 e. The molecule has 1 amide bonds. The summed E-state index contributed by atoms with van der Waals surface area (Å²) >= 11 is 0. The van der Waals surface area contributed by atoms with E-state index in [0.29, 0.717) is 37.6 Å². The number of rotatable bonds is 8. The second-order valence-electron chi connectivity index (χ2n) is 5.51. The molecule has 0 saturated carbocycles. The van der Waals surface area contributed by atoms with Gasteiger partial charge in [-0.2, -0.15) is 4.98 Å². The van der Waals surface area contributed by atoms with Crippen molar-refractivity contribution in [3.63, 3.8) is 0 Å². The van der Waals surface area contributed by atoms with Crippen molar-refractivity contribution in [2.45, 2.75) is 39.5 Å². The summed E-state index contributed by atoms with van der Waals surface area (Å²) in [6.45, 7) is 7.69. The summed E-state index contributed by atoms with van der Waals surface area (Å²) in [4.78, 5) is 22.1. The number of carbonyl (C=O) groups excluding carboxylic acids is 1. The summed E-state index contributed by atoms with van der Waals surface area (Å²) in [6, 6.07) is 0. The summed E-state index contributed by atoms with van der Waals surface area (Å²) in [5.74, 6) is 2.32. The number of aryl methyl sites for hydroxylation is 1. The number of amides is 1. The molecule has 1 aromatic rings. The first-order valence-corrected chi connectivity index (χ1v) is 8.28. The van der Waals surface area contributed by atoms with Crippen molar-refractivity contribution in [2.75, 3.05) is 32.7 Å². The van der Waals surface area contributed by atoms with Crippen LogP contribution in [0.1, 0.15) is 37.9 Å². The lowest BCUT2D eigenvalue weighted by atomic mass is 10.4. The molecule has 2 N–H and O–H groups in total. The number of aliphatic imine (C=N–C) groups is 1. The van der Waals surface area contributed by atoms with E-state index in [1.165, 1.54) is 0 Å². The summed E-state index contributed by atoms with van der Waals surface area (Å²) in [6.07, 6.45) is 3.22. The Hall–Kier alpha value is -2.12. The van der Waals surface area contributed by atoms with Gasteiger partial charge < -0.3 is 20.1 Å². The molecule has 2 rings (SSSR count). The van der Waals surface area contributed by atoms with E-state index < -0.39 is 0 Å². The molecule has 23 heavy (non-hydrogen) atoms. The fourth-order valence-electron chi connectivity index (χ4n) is 2.46. The molecule has 0 unspecified atom stereocenters. The van der Waals surface area contributed by atoms with E-state index in [0.717, 1.165) is 38.4 Å². The van der Waals surface area contributed by atoms with Crippen LogP contribution < -0.4 is 10.6 Å². The summed E-state index contributed by atoms with van der Waals surface area (Å²) in [7, 11) is 0. The lowest BCUT2D eigenvalue weighted by Gasteiger charge is -2.15. The Morgan fingerprint density at radius 1 is 1.43 bits per heavy atom. The molecule has 1 fully saturated rings. The standard InChI is InChI=1S/C15H26N6O2/c1-3-16-15(18-9-7-13-19-12(2)20-23-13)17-8-5-11-21-10-4-6-14(21)22/h3-11H2,1-2H3,(H2,16,17,18). The Bertz CT molecular complexity index is 528. The van der Waals surface area contributed by atoms with Crippen LogP contribution in [0.2, 0.25) is 0 Å². The van der Waals surface area contributed by atoms with E-state index in [1.54, 1.807) is 6.92 Å². The Morgan fingerprint density at radius 3 is 2.96 bits per heavy atom. The van der Waals surface area contributed by atoms with Crippen molar-refractivity contribution >= 4 is 11.9 Å². The number of hydrogen-bond donors (Lipinski definition) is 2. The van der Waals surface area contributed by atoms with E-state index in [4.69, 9.17) is 4.52 Å². The molecule has 0 atom stereocenters. The summed E-state index contributed by atoms with van der Waals surface area (Å²) < 4.78 is 5.07. The first-order chi connectivity index (χ1) is 11.2. The first-order valence-electron chi connectivity index (χ1n) is 8.28. The van der Waals surface area contributed by atoms with Gasteiger partial charge in [0, 0.05) is 45.6 Å². The minimum atomic E-state index is 0.272.